The number of Topliss-reactive ketones (excluding diaryl/α,β-unsaturated/α-hetero) is 1. The predicted octanol–water partition coefficient (Wildman–Crippen LogP) is 14.2. The van der Waals surface area contributed by atoms with E-state index < -0.39 is 17.5 Å². The highest BCUT2D eigenvalue weighted by molar-refractivity contribution is 5.96. The number of halogens is 6. The molecule has 6 saturated heterocycles. The highest BCUT2D eigenvalue weighted by atomic mass is 19.2. The van der Waals surface area contributed by atoms with Crippen LogP contribution in [-0.2, 0) is 44.9 Å². The summed E-state index contributed by atoms with van der Waals surface area (Å²) in [6.45, 7) is 19.2. The minimum absolute atomic E-state index is 0.0830. The molecule has 0 unspecified atom stereocenters. The normalized spacial score (nSPS) is 16.1. The first-order valence-corrected chi connectivity index (χ1v) is 50.6. The first-order valence-electron chi connectivity index (χ1n) is 50.6. The van der Waals surface area contributed by atoms with Crippen LogP contribution in [0.25, 0.3) is 0 Å². The van der Waals surface area contributed by atoms with Gasteiger partial charge in [0.2, 0.25) is 0 Å². The lowest BCUT2D eigenvalue weighted by atomic mass is 9.89. The molecule has 0 spiro atoms. The third-order valence-electron chi connectivity index (χ3n) is 27.2. The topological polar surface area (TPSA) is 339 Å². The zero-order chi connectivity index (χ0) is 102. The quantitative estimate of drug-likeness (QED) is 0.0126. The molecule has 6 aromatic heterocycles. The highest BCUT2D eigenvalue weighted by Gasteiger charge is 2.28. The summed E-state index contributed by atoms with van der Waals surface area (Å²) >= 11 is 0. The van der Waals surface area contributed by atoms with Crippen LogP contribution in [0.15, 0.2) is 249 Å². The fourth-order valence-corrected chi connectivity index (χ4v) is 18.4. The van der Waals surface area contributed by atoms with E-state index in [9.17, 15) is 59.9 Å². The number of rotatable bonds is 33. The average molecular weight is 1990 g/mol. The molecule has 6 aliphatic heterocycles. The van der Waals surface area contributed by atoms with E-state index in [4.69, 9.17) is 14.2 Å². The molecular weight excluding hydrogens is 1860 g/mol. The first kappa shape index (κ1) is 109. The number of nitrogens with zero attached hydrogens (tertiary/aromatic N) is 12. The van der Waals surface area contributed by atoms with E-state index in [1.807, 2.05) is 42.5 Å². The Labute approximate surface area is 840 Å². The van der Waals surface area contributed by atoms with E-state index in [0.29, 0.717) is 54.8 Å². The number of carbonyl (C=O) groups is 1. The van der Waals surface area contributed by atoms with Crippen LogP contribution in [0.5, 0.6) is 17.2 Å². The van der Waals surface area contributed by atoms with Gasteiger partial charge in [0.1, 0.15) is 34.8 Å². The number of piperidine rings is 6. The van der Waals surface area contributed by atoms with Gasteiger partial charge in [-0.25, -0.2) is 26.3 Å². The molecule has 768 valence electrons. The molecule has 12 aromatic rings. The van der Waals surface area contributed by atoms with Gasteiger partial charge < -0.3 is 73.5 Å². The maximum Gasteiger partial charge on any atom is 0.266 e. The lowest BCUT2D eigenvalue weighted by molar-refractivity contribution is 0.0924. The van der Waals surface area contributed by atoms with Crippen molar-refractivity contribution < 1.29 is 45.3 Å². The van der Waals surface area contributed by atoms with Gasteiger partial charge in [-0.15, -0.1) is 0 Å². The van der Waals surface area contributed by atoms with Crippen LogP contribution in [0, 0.1) is 82.3 Å². The zero-order valence-corrected chi connectivity index (χ0v) is 82.2. The number of aromatic nitrogens is 12. The number of para-hydroxylation sites is 2. The first-order chi connectivity index (χ1) is 70.6. The number of nitrogens with one attached hydrogen (secondary N) is 6. The minimum atomic E-state index is -0.664. The summed E-state index contributed by atoms with van der Waals surface area (Å²) in [6, 6.07) is 39.8. The number of aromatic amines is 6. The van der Waals surface area contributed by atoms with Crippen LogP contribution in [0.3, 0.4) is 0 Å². The summed E-state index contributed by atoms with van der Waals surface area (Å²) in [7, 11) is 0. The predicted molar refractivity (Wildman–Crippen MR) is 545 cm³/mol. The van der Waals surface area contributed by atoms with Crippen LogP contribution < -0.4 is 47.6 Å². The van der Waals surface area contributed by atoms with E-state index >= 15 is 0 Å². The van der Waals surface area contributed by atoms with Crippen molar-refractivity contribution in [1.82, 2.24) is 89.2 Å². The molecule has 18 rings (SSSR count). The molecule has 34 heteroatoms. The van der Waals surface area contributed by atoms with E-state index in [1.165, 1.54) is 79.6 Å². The zero-order valence-electron chi connectivity index (χ0n) is 82.2. The van der Waals surface area contributed by atoms with Crippen LogP contribution in [0.4, 0.5) is 26.3 Å². The van der Waals surface area contributed by atoms with E-state index in [1.54, 1.807) is 97.8 Å². The number of likely N-dealkylation sites (tertiary alicyclic amines) is 6. The van der Waals surface area contributed by atoms with Gasteiger partial charge >= 0.3 is 0 Å². The van der Waals surface area contributed by atoms with Crippen molar-refractivity contribution in [3.63, 3.8) is 0 Å². The number of benzene rings is 6. The lowest BCUT2D eigenvalue weighted by Gasteiger charge is -2.32. The molecule has 6 aliphatic rings. The standard InChI is InChI=1S/C19H22FN3O2.C19H24FN3O.C19H20FN3O.C18H21F2N3O2.C18H22FN3O2.C18H23N3O2/c20-17-4-2-1-3-16(17)18(24)11-14-5-8-23(9-6-14)10-7-15-12-21-13-19(25)22-15;2*20-18-4-2-1-3-16(18)6-5-15-7-10-23(11-8-15)12-9-17-13-21-14-19(24)22-17;19-15-2-1-3-16(20)18(15)25-12-13-4-7-23(8-5-13)9-6-14-10-21-11-17(24)22-14;19-15-1-3-17(4-2-15)24-13-14-5-8-22(9-6-14)10-7-16-11-20-12-18(23)21-16;22-18-13-19-12-16(20-18)8-11-21-9-6-15(7-10-21)14-23-17-4-2-1-3-5-17/h1-4,12-14H,5-11H2,(H,22,25);1-4,13-15H,5-12H2,(H,22,24);1-4,13-15H,7-12H2,(H,22,24);1-3,10-11,13H,4-9,12H2,(H,22,24);1-4,11-12,14H,5-10,13H2,(H,21,23);1-5,12-13,15H,6-11,14H2,(H,20,22). The second kappa shape index (κ2) is 59.1. The Hall–Kier alpha value is -13.4. The largest absolute Gasteiger partial charge is 0.493 e. The fourth-order valence-electron chi connectivity index (χ4n) is 18.4. The van der Waals surface area contributed by atoms with Crippen LogP contribution >= 0.6 is 0 Å². The second-order valence-corrected chi connectivity index (χ2v) is 37.8. The second-order valence-electron chi connectivity index (χ2n) is 37.8. The molecule has 12 heterocycles. The fraction of sp³-hybridized carbons (Fsp3) is 0.432. The molecule has 6 aromatic carbocycles. The van der Waals surface area contributed by atoms with Crippen molar-refractivity contribution in [3.8, 4) is 29.1 Å². The monoisotopic (exact) mass is 1990 g/mol. The van der Waals surface area contributed by atoms with Crippen LogP contribution in [-0.4, -0.2) is 233 Å². The average Bonchev–Trinajstić information content (AvgIpc) is 0.861. The van der Waals surface area contributed by atoms with Crippen molar-refractivity contribution in [2.75, 3.05) is 138 Å². The number of hydrogen-bond acceptors (Lipinski definition) is 22. The molecule has 0 radical (unpaired) electrons. The molecule has 0 aliphatic carbocycles. The molecule has 6 fully saturated rings. The van der Waals surface area contributed by atoms with Crippen molar-refractivity contribution >= 4 is 5.78 Å². The Kier molecular flexibility index (Phi) is 44.4. The number of H-pyrrole nitrogens is 6. The summed E-state index contributed by atoms with van der Waals surface area (Å²) < 4.78 is 97.8. The summed E-state index contributed by atoms with van der Waals surface area (Å²) in [5.41, 5.74) is 5.78. The van der Waals surface area contributed by atoms with Crippen molar-refractivity contribution in [3.05, 3.63) is 368 Å². The van der Waals surface area contributed by atoms with Crippen molar-refractivity contribution in [2.24, 2.45) is 35.5 Å². The molecule has 28 nitrogen and oxygen atoms in total. The van der Waals surface area contributed by atoms with Crippen molar-refractivity contribution in [2.45, 2.75) is 135 Å². The van der Waals surface area contributed by atoms with Gasteiger partial charge in [-0.2, -0.15) is 0 Å². The van der Waals surface area contributed by atoms with Gasteiger partial charge in [0, 0.05) is 161 Å². The Balaban J connectivity index is 0.000000146. The van der Waals surface area contributed by atoms with Gasteiger partial charge in [-0.1, -0.05) is 78.6 Å². The Morgan fingerprint density at radius 1 is 0.303 bits per heavy atom. The summed E-state index contributed by atoms with van der Waals surface area (Å²) in [4.78, 5) is 134. The van der Waals surface area contributed by atoms with E-state index in [2.05, 4.69) is 101 Å². The maximum absolute atomic E-state index is 13.7. The van der Waals surface area contributed by atoms with Gasteiger partial charge in [0.25, 0.3) is 33.4 Å². The van der Waals surface area contributed by atoms with E-state index in [0.717, 1.165) is 304 Å². The SMILES string of the molecule is O=C(CC1CCN(CCc2cncc(=O)[nH]2)CC1)c1ccccc1F.O=c1cncc(CCN2CCC(C#Cc3ccccc3F)CC2)[nH]1.O=c1cncc(CCN2CCC(CCc3ccccc3F)CC2)[nH]1.O=c1cncc(CCN2CCC(COc3c(F)cccc3F)CC2)[nH]1.O=c1cncc(CCN2CCC(COc3ccc(F)cc3)CC2)[nH]1.O=c1cncc(CCN2CCC(COc3ccccc3)CC2)[nH]1. The van der Waals surface area contributed by atoms with Crippen LogP contribution in [0.2, 0.25) is 0 Å². The summed E-state index contributed by atoms with van der Waals surface area (Å²) in [5.74, 6) is 7.86. The summed E-state index contributed by atoms with van der Waals surface area (Å²) in [5, 5.41) is 0. The molecule has 145 heavy (non-hydrogen) atoms. The number of hydrogen-bond donors (Lipinski definition) is 6. The van der Waals surface area contributed by atoms with Crippen LogP contribution in [0.1, 0.15) is 146 Å². The molecular formula is C111H132F6N18O10. The third-order valence-corrected chi connectivity index (χ3v) is 27.2. The Morgan fingerprint density at radius 2 is 0.614 bits per heavy atom. The molecule has 6 N–H and O–H groups in total. The minimum Gasteiger partial charge on any atom is -0.493 e. The van der Waals surface area contributed by atoms with E-state index in [-0.39, 0.29) is 73.8 Å². The highest BCUT2D eigenvalue weighted by Crippen LogP contribution is 2.30. The third kappa shape index (κ3) is 39.2. The number of ether oxygens (including phenoxy) is 3. The summed E-state index contributed by atoms with van der Waals surface area (Å²) in [6.07, 6.45) is 37.5. The van der Waals surface area contributed by atoms with Gasteiger partial charge in [0.15, 0.2) is 23.2 Å². The maximum atomic E-state index is 13.7. The molecule has 0 saturated carbocycles. The lowest BCUT2D eigenvalue weighted by Crippen LogP contribution is -2.37. The van der Waals surface area contributed by atoms with Gasteiger partial charge in [-0.05, 0) is 282 Å². The van der Waals surface area contributed by atoms with Gasteiger partial charge in [-0.3, -0.25) is 63.5 Å². The Morgan fingerprint density at radius 3 is 0.979 bits per heavy atom. The molecule has 0 atom stereocenters. The number of aryl methyl sites for hydroxylation is 1. The smallest absolute Gasteiger partial charge is 0.266 e. The number of carbonyl (C=O) groups excluding carboxylic acids is 1. The molecule has 0 amide bonds. The van der Waals surface area contributed by atoms with Crippen molar-refractivity contribution in [1.29, 1.82) is 0 Å². The Bertz CT molecular complexity index is 6330. The number of ketones is 1. The molecule has 0 bridgehead atoms. The van der Waals surface area contributed by atoms with Gasteiger partial charge in [0.05, 0.1) is 68.1 Å².